The van der Waals surface area contributed by atoms with Crippen LogP contribution in [-0.4, -0.2) is 9.97 Å². The number of nitrogens with one attached hydrogen (secondary N) is 1. The second kappa shape index (κ2) is 7.59. The number of hydrogen-bond acceptors (Lipinski definition) is 1. The van der Waals surface area contributed by atoms with E-state index in [1.54, 1.807) is 6.07 Å². The molecule has 0 aliphatic heterocycles. The molecule has 27 heavy (non-hydrogen) atoms. The van der Waals surface area contributed by atoms with Crippen LogP contribution in [0.5, 0.6) is 0 Å². The number of benzene rings is 3. The molecule has 1 heterocycles. The summed E-state index contributed by atoms with van der Waals surface area (Å²) in [5.41, 5.74) is 5.08. The number of H-pyrrole nitrogens is 1. The molecule has 0 spiro atoms. The molecule has 0 aliphatic rings. The van der Waals surface area contributed by atoms with Gasteiger partial charge in [0.2, 0.25) is 0 Å². The third kappa shape index (κ3) is 3.64. The molecule has 0 saturated carbocycles. The highest BCUT2D eigenvalue weighted by Gasteiger charge is 2.22. The SMILES string of the molecule is Cc1[nH]c(C(c2ccccc2)c2ccccc2)nc1-c1ccc(Cl)cc1Cl. The first-order chi connectivity index (χ1) is 13.1. The summed E-state index contributed by atoms with van der Waals surface area (Å²) >= 11 is 12.5. The van der Waals surface area contributed by atoms with Crippen molar-refractivity contribution in [3.8, 4) is 11.3 Å². The van der Waals surface area contributed by atoms with Gasteiger partial charge in [-0.3, -0.25) is 0 Å². The van der Waals surface area contributed by atoms with Crippen LogP contribution in [0.2, 0.25) is 10.0 Å². The van der Waals surface area contributed by atoms with Crippen LogP contribution in [0.1, 0.15) is 28.6 Å². The molecule has 4 heteroatoms. The Labute approximate surface area is 168 Å². The molecule has 0 atom stereocenters. The van der Waals surface area contributed by atoms with Gasteiger partial charge >= 0.3 is 0 Å². The van der Waals surface area contributed by atoms with Crippen LogP contribution in [0.15, 0.2) is 78.9 Å². The van der Waals surface area contributed by atoms with Crippen LogP contribution >= 0.6 is 23.2 Å². The van der Waals surface area contributed by atoms with Gasteiger partial charge in [-0.05, 0) is 36.2 Å². The molecule has 0 bridgehead atoms. The van der Waals surface area contributed by atoms with Gasteiger partial charge in [0.05, 0.1) is 16.6 Å². The lowest BCUT2D eigenvalue weighted by Crippen LogP contribution is -2.05. The molecule has 2 nitrogen and oxygen atoms in total. The third-order valence-electron chi connectivity index (χ3n) is 4.63. The molecule has 0 amide bonds. The van der Waals surface area contributed by atoms with Crippen molar-refractivity contribution in [1.29, 1.82) is 0 Å². The van der Waals surface area contributed by atoms with Gasteiger partial charge < -0.3 is 4.98 Å². The maximum absolute atomic E-state index is 6.42. The average Bonchev–Trinajstić information content (AvgIpc) is 3.05. The monoisotopic (exact) mass is 392 g/mol. The molecule has 3 aromatic carbocycles. The minimum Gasteiger partial charge on any atom is -0.345 e. The molecule has 1 N–H and O–H groups in total. The van der Waals surface area contributed by atoms with Gasteiger partial charge in [0.15, 0.2) is 0 Å². The van der Waals surface area contributed by atoms with Gasteiger partial charge in [0.1, 0.15) is 5.82 Å². The number of aromatic amines is 1. The van der Waals surface area contributed by atoms with Gasteiger partial charge in [-0.15, -0.1) is 0 Å². The van der Waals surface area contributed by atoms with Gasteiger partial charge in [0, 0.05) is 16.3 Å². The van der Waals surface area contributed by atoms with Crippen LogP contribution in [0, 0.1) is 6.92 Å². The molecule has 4 aromatic rings. The zero-order valence-corrected chi connectivity index (χ0v) is 16.3. The predicted molar refractivity (Wildman–Crippen MR) is 113 cm³/mol. The van der Waals surface area contributed by atoms with Gasteiger partial charge in [0.25, 0.3) is 0 Å². The number of imidazole rings is 1. The van der Waals surface area contributed by atoms with E-state index >= 15 is 0 Å². The highest BCUT2D eigenvalue weighted by atomic mass is 35.5. The fourth-order valence-electron chi connectivity index (χ4n) is 3.36. The first kappa shape index (κ1) is 17.8. The van der Waals surface area contributed by atoms with E-state index in [0.29, 0.717) is 10.0 Å². The Bertz CT molecular complexity index is 1020. The first-order valence-corrected chi connectivity index (χ1v) is 9.51. The fraction of sp³-hybridized carbons (Fsp3) is 0.0870. The van der Waals surface area contributed by atoms with Gasteiger partial charge in [-0.2, -0.15) is 0 Å². The number of hydrogen-bond donors (Lipinski definition) is 1. The third-order valence-corrected chi connectivity index (χ3v) is 5.18. The number of aryl methyl sites for hydroxylation is 1. The highest BCUT2D eigenvalue weighted by Crippen LogP contribution is 2.35. The van der Waals surface area contributed by atoms with E-state index in [4.69, 9.17) is 28.2 Å². The van der Waals surface area contributed by atoms with Crippen molar-refractivity contribution in [1.82, 2.24) is 9.97 Å². The van der Waals surface area contributed by atoms with E-state index in [9.17, 15) is 0 Å². The van der Waals surface area contributed by atoms with Crippen molar-refractivity contribution in [3.63, 3.8) is 0 Å². The van der Waals surface area contributed by atoms with E-state index in [1.807, 2.05) is 31.2 Å². The molecule has 0 radical (unpaired) electrons. The molecule has 0 aliphatic carbocycles. The van der Waals surface area contributed by atoms with Crippen molar-refractivity contribution in [3.05, 3.63) is 112 Å². The molecule has 134 valence electrons. The number of rotatable bonds is 4. The lowest BCUT2D eigenvalue weighted by Gasteiger charge is -2.15. The summed E-state index contributed by atoms with van der Waals surface area (Å²) in [6.07, 6.45) is 0. The minimum absolute atomic E-state index is 0.0194. The Morgan fingerprint density at radius 1 is 0.815 bits per heavy atom. The van der Waals surface area contributed by atoms with Crippen LogP contribution in [0.3, 0.4) is 0 Å². The van der Waals surface area contributed by atoms with Crippen molar-refractivity contribution in [2.75, 3.05) is 0 Å². The van der Waals surface area contributed by atoms with Gasteiger partial charge in [-0.1, -0.05) is 83.9 Å². The van der Waals surface area contributed by atoms with Crippen molar-refractivity contribution >= 4 is 23.2 Å². The number of aromatic nitrogens is 2. The molecule has 0 fully saturated rings. The molecule has 0 unspecified atom stereocenters. The molecule has 4 rings (SSSR count). The maximum atomic E-state index is 6.42. The van der Waals surface area contributed by atoms with Crippen LogP contribution in [-0.2, 0) is 0 Å². The Hall–Kier alpha value is -2.55. The summed E-state index contributed by atoms with van der Waals surface area (Å²) in [5.74, 6) is 0.914. The zero-order valence-electron chi connectivity index (χ0n) is 14.8. The van der Waals surface area contributed by atoms with E-state index < -0.39 is 0 Å². The lowest BCUT2D eigenvalue weighted by atomic mass is 9.91. The largest absolute Gasteiger partial charge is 0.345 e. The normalized spacial score (nSPS) is 11.1. The number of nitrogens with zero attached hydrogens (tertiary/aromatic N) is 1. The van der Waals surface area contributed by atoms with Crippen LogP contribution < -0.4 is 0 Å². The topological polar surface area (TPSA) is 28.7 Å². The Kier molecular flexibility index (Phi) is 5.02. The van der Waals surface area contributed by atoms with Crippen LogP contribution in [0.25, 0.3) is 11.3 Å². The highest BCUT2D eigenvalue weighted by molar-refractivity contribution is 6.36. The summed E-state index contributed by atoms with van der Waals surface area (Å²) in [6, 6.07) is 26.3. The second-order valence-electron chi connectivity index (χ2n) is 6.47. The van der Waals surface area contributed by atoms with E-state index in [2.05, 4.69) is 53.5 Å². The zero-order chi connectivity index (χ0) is 18.8. The van der Waals surface area contributed by atoms with E-state index in [0.717, 1.165) is 22.8 Å². The molecular weight excluding hydrogens is 375 g/mol. The average molecular weight is 393 g/mol. The quantitative estimate of drug-likeness (QED) is 0.403. The first-order valence-electron chi connectivity index (χ1n) is 8.75. The van der Waals surface area contributed by atoms with Crippen molar-refractivity contribution in [2.24, 2.45) is 0 Å². The summed E-state index contributed by atoms with van der Waals surface area (Å²) in [6.45, 7) is 2.02. The molecular formula is C23H18Cl2N2. The Balaban J connectivity index is 1.85. The predicted octanol–water partition coefficient (Wildman–Crippen LogP) is 6.87. The van der Waals surface area contributed by atoms with E-state index in [-0.39, 0.29) is 5.92 Å². The second-order valence-corrected chi connectivity index (χ2v) is 7.32. The minimum atomic E-state index is 0.0194. The molecule has 1 aromatic heterocycles. The summed E-state index contributed by atoms with van der Waals surface area (Å²) in [7, 11) is 0. The summed E-state index contributed by atoms with van der Waals surface area (Å²) < 4.78 is 0. The fourth-order valence-corrected chi connectivity index (χ4v) is 3.86. The van der Waals surface area contributed by atoms with E-state index in [1.165, 1.54) is 11.1 Å². The summed E-state index contributed by atoms with van der Waals surface area (Å²) in [4.78, 5) is 8.42. The van der Waals surface area contributed by atoms with Crippen LogP contribution in [0.4, 0.5) is 0 Å². The standard InChI is InChI=1S/C23H18Cl2N2/c1-15-22(19-13-12-18(24)14-20(19)25)27-23(26-15)21(16-8-4-2-5-9-16)17-10-6-3-7-11-17/h2-14,21H,1H3,(H,26,27). The Morgan fingerprint density at radius 3 is 1.96 bits per heavy atom. The number of halogens is 2. The smallest absolute Gasteiger partial charge is 0.119 e. The summed E-state index contributed by atoms with van der Waals surface area (Å²) in [5, 5.41) is 1.21. The maximum Gasteiger partial charge on any atom is 0.119 e. The molecule has 0 saturated heterocycles. The van der Waals surface area contributed by atoms with Crippen molar-refractivity contribution < 1.29 is 0 Å². The van der Waals surface area contributed by atoms with Gasteiger partial charge in [-0.25, -0.2) is 4.98 Å². The lowest BCUT2D eigenvalue weighted by molar-refractivity contribution is 0.881. The Morgan fingerprint density at radius 2 is 1.41 bits per heavy atom. The van der Waals surface area contributed by atoms with Crippen molar-refractivity contribution in [2.45, 2.75) is 12.8 Å².